The normalized spacial score (nSPS) is 12.1. The zero-order valence-electron chi connectivity index (χ0n) is 12.1. The third-order valence-corrected chi connectivity index (χ3v) is 3.23. The maximum atomic E-state index is 6.08. The molecule has 0 aliphatic carbocycles. The minimum atomic E-state index is 0.258. The monoisotopic (exact) mass is 261 g/mol. The maximum Gasteiger partial charge on any atom is 0.119 e. The van der Waals surface area contributed by atoms with E-state index >= 15 is 0 Å². The number of benzene rings is 1. The molecular formula is C17H27NO. The number of ether oxygens (including phenoxy) is 1. The maximum absolute atomic E-state index is 6.08. The van der Waals surface area contributed by atoms with Gasteiger partial charge in [0.15, 0.2) is 0 Å². The highest BCUT2D eigenvalue weighted by Gasteiger charge is 2.03. The lowest BCUT2D eigenvalue weighted by Gasteiger charge is -2.12. The number of hydrogen-bond donors (Lipinski definition) is 1. The Balaban J connectivity index is 2.06. The highest BCUT2D eigenvalue weighted by Crippen LogP contribution is 2.13. The smallest absolute Gasteiger partial charge is 0.119 e. The van der Waals surface area contributed by atoms with E-state index < -0.39 is 0 Å². The standard InChI is InChI=1S/C17H27NO/c1-3-4-5-6-7-10-16(18)12-13-19-17-11-8-9-15(2)14-17/h3,8-9,11,14,16H,1,4-7,10,12-13,18H2,2H3. The molecule has 0 saturated carbocycles. The van der Waals surface area contributed by atoms with Gasteiger partial charge in [-0.15, -0.1) is 6.58 Å². The van der Waals surface area contributed by atoms with Crippen molar-refractivity contribution in [3.8, 4) is 5.75 Å². The van der Waals surface area contributed by atoms with Crippen molar-refractivity contribution in [1.29, 1.82) is 0 Å². The van der Waals surface area contributed by atoms with Crippen molar-refractivity contribution in [2.24, 2.45) is 5.73 Å². The number of hydrogen-bond acceptors (Lipinski definition) is 2. The molecule has 2 N–H and O–H groups in total. The van der Waals surface area contributed by atoms with Crippen LogP contribution in [0.5, 0.6) is 5.75 Å². The summed E-state index contributed by atoms with van der Waals surface area (Å²) in [6.45, 7) is 6.50. The third-order valence-electron chi connectivity index (χ3n) is 3.23. The van der Waals surface area contributed by atoms with Gasteiger partial charge in [0.05, 0.1) is 6.61 Å². The van der Waals surface area contributed by atoms with E-state index in [1.54, 1.807) is 0 Å². The second-order valence-corrected chi connectivity index (χ2v) is 5.14. The highest BCUT2D eigenvalue weighted by molar-refractivity contribution is 5.27. The molecule has 0 saturated heterocycles. The van der Waals surface area contributed by atoms with Crippen LogP contribution < -0.4 is 10.5 Å². The van der Waals surface area contributed by atoms with Crippen LogP contribution in [0.1, 0.15) is 44.1 Å². The molecule has 19 heavy (non-hydrogen) atoms. The molecule has 0 radical (unpaired) electrons. The van der Waals surface area contributed by atoms with Gasteiger partial charge in [-0.1, -0.05) is 31.1 Å². The molecule has 0 heterocycles. The Morgan fingerprint density at radius 1 is 1.26 bits per heavy atom. The predicted molar refractivity (Wildman–Crippen MR) is 82.5 cm³/mol. The topological polar surface area (TPSA) is 35.2 Å². The minimum Gasteiger partial charge on any atom is -0.494 e. The van der Waals surface area contributed by atoms with Gasteiger partial charge >= 0.3 is 0 Å². The van der Waals surface area contributed by atoms with Gasteiger partial charge in [-0.05, 0) is 50.3 Å². The summed E-state index contributed by atoms with van der Waals surface area (Å²) in [5, 5.41) is 0. The van der Waals surface area contributed by atoms with Crippen molar-refractivity contribution in [2.45, 2.75) is 51.5 Å². The largest absolute Gasteiger partial charge is 0.494 e. The molecule has 0 bridgehead atoms. The molecule has 1 rings (SSSR count). The summed E-state index contributed by atoms with van der Waals surface area (Å²) >= 11 is 0. The van der Waals surface area contributed by atoms with Gasteiger partial charge in [0.25, 0.3) is 0 Å². The summed E-state index contributed by atoms with van der Waals surface area (Å²) in [6, 6.07) is 8.40. The zero-order chi connectivity index (χ0) is 13.9. The van der Waals surface area contributed by atoms with Crippen molar-refractivity contribution in [3.63, 3.8) is 0 Å². The van der Waals surface area contributed by atoms with E-state index in [4.69, 9.17) is 10.5 Å². The first-order chi connectivity index (χ1) is 9.22. The van der Waals surface area contributed by atoms with Gasteiger partial charge in [-0.25, -0.2) is 0 Å². The Morgan fingerprint density at radius 2 is 2.11 bits per heavy atom. The molecule has 1 aromatic rings. The summed E-state index contributed by atoms with van der Waals surface area (Å²) in [5.74, 6) is 0.943. The lowest BCUT2D eigenvalue weighted by Crippen LogP contribution is -2.22. The molecule has 0 aliphatic heterocycles. The zero-order valence-corrected chi connectivity index (χ0v) is 12.1. The lowest BCUT2D eigenvalue weighted by atomic mass is 10.1. The summed E-state index contributed by atoms with van der Waals surface area (Å²) in [7, 11) is 0. The fraction of sp³-hybridized carbons (Fsp3) is 0.529. The molecule has 0 amide bonds. The minimum absolute atomic E-state index is 0.258. The molecule has 1 atom stereocenters. The van der Waals surface area contributed by atoms with E-state index in [1.807, 2.05) is 18.2 Å². The van der Waals surface area contributed by atoms with Crippen LogP contribution in [0.3, 0.4) is 0 Å². The Labute approximate surface area is 117 Å². The predicted octanol–water partition coefficient (Wildman–Crippen LogP) is 4.23. The average Bonchev–Trinajstić information content (AvgIpc) is 2.38. The van der Waals surface area contributed by atoms with Crippen molar-refractivity contribution in [2.75, 3.05) is 6.61 Å². The van der Waals surface area contributed by atoms with Crippen LogP contribution >= 0.6 is 0 Å². The lowest BCUT2D eigenvalue weighted by molar-refractivity contribution is 0.293. The van der Waals surface area contributed by atoms with Crippen molar-refractivity contribution >= 4 is 0 Å². The number of rotatable bonds is 10. The average molecular weight is 261 g/mol. The Bertz CT molecular complexity index is 362. The van der Waals surface area contributed by atoms with Gasteiger partial charge in [-0.2, -0.15) is 0 Å². The second kappa shape index (κ2) is 9.62. The van der Waals surface area contributed by atoms with Crippen molar-refractivity contribution < 1.29 is 4.74 Å². The molecule has 106 valence electrons. The summed E-state index contributed by atoms with van der Waals surface area (Å²) < 4.78 is 5.71. The molecular weight excluding hydrogens is 234 g/mol. The molecule has 0 spiro atoms. The van der Waals surface area contributed by atoms with E-state index in [1.165, 1.54) is 24.8 Å². The van der Waals surface area contributed by atoms with Crippen LogP contribution in [0.2, 0.25) is 0 Å². The van der Waals surface area contributed by atoms with Gasteiger partial charge in [-0.3, -0.25) is 0 Å². The van der Waals surface area contributed by atoms with Crippen LogP contribution in [0.4, 0.5) is 0 Å². The summed E-state index contributed by atoms with van der Waals surface area (Å²) in [4.78, 5) is 0. The quantitative estimate of drug-likeness (QED) is 0.505. The van der Waals surface area contributed by atoms with Crippen LogP contribution in [0.15, 0.2) is 36.9 Å². The Morgan fingerprint density at radius 3 is 2.84 bits per heavy atom. The van der Waals surface area contributed by atoms with Gasteiger partial charge in [0, 0.05) is 6.04 Å². The fourth-order valence-electron chi connectivity index (χ4n) is 2.05. The van der Waals surface area contributed by atoms with E-state index in [-0.39, 0.29) is 6.04 Å². The van der Waals surface area contributed by atoms with Crippen molar-refractivity contribution in [1.82, 2.24) is 0 Å². The van der Waals surface area contributed by atoms with Gasteiger partial charge in [0.1, 0.15) is 5.75 Å². The van der Waals surface area contributed by atoms with Crippen LogP contribution in [0, 0.1) is 6.92 Å². The number of allylic oxidation sites excluding steroid dienone is 1. The summed E-state index contributed by atoms with van der Waals surface area (Å²) in [5.41, 5.74) is 7.31. The number of unbranched alkanes of at least 4 members (excludes halogenated alkanes) is 3. The van der Waals surface area contributed by atoms with Crippen molar-refractivity contribution in [3.05, 3.63) is 42.5 Å². The second-order valence-electron chi connectivity index (χ2n) is 5.14. The van der Waals surface area contributed by atoms with Gasteiger partial charge < -0.3 is 10.5 Å². The molecule has 1 unspecified atom stereocenters. The van der Waals surface area contributed by atoms with E-state index in [0.29, 0.717) is 6.61 Å². The van der Waals surface area contributed by atoms with Gasteiger partial charge in [0.2, 0.25) is 0 Å². The Kier molecular flexibility index (Phi) is 7.99. The molecule has 1 aromatic carbocycles. The molecule has 0 fully saturated rings. The SMILES string of the molecule is C=CCCCCCC(N)CCOc1cccc(C)c1. The van der Waals surface area contributed by atoms with Crippen LogP contribution in [-0.4, -0.2) is 12.6 Å². The van der Waals surface area contributed by atoms with E-state index in [9.17, 15) is 0 Å². The highest BCUT2D eigenvalue weighted by atomic mass is 16.5. The summed E-state index contributed by atoms with van der Waals surface area (Å²) in [6.07, 6.45) is 8.80. The number of nitrogens with two attached hydrogens (primary N) is 1. The molecule has 0 aromatic heterocycles. The fourth-order valence-corrected chi connectivity index (χ4v) is 2.05. The van der Waals surface area contributed by atoms with E-state index in [2.05, 4.69) is 25.6 Å². The van der Waals surface area contributed by atoms with Crippen LogP contribution in [0.25, 0.3) is 0 Å². The number of aryl methyl sites for hydroxylation is 1. The van der Waals surface area contributed by atoms with E-state index in [0.717, 1.165) is 25.0 Å². The Hall–Kier alpha value is -1.28. The first-order valence-corrected chi connectivity index (χ1v) is 7.28. The first-order valence-electron chi connectivity index (χ1n) is 7.28. The molecule has 2 nitrogen and oxygen atoms in total. The third kappa shape index (κ3) is 7.68. The molecule has 0 aliphatic rings. The van der Waals surface area contributed by atoms with Crippen LogP contribution in [-0.2, 0) is 0 Å². The molecule has 2 heteroatoms. The first kappa shape index (κ1) is 15.8.